The Hall–Kier alpha value is -3.66. The molecule has 2 aromatic heterocycles. The number of aromatic nitrogens is 3. The molecule has 124 valence electrons. The molecule has 0 fully saturated rings. The lowest BCUT2D eigenvalue weighted by Gasteiger charge is -2.16. The normalized spacial score (nSPS) is 11.2. The van der Waals surface area contributed by atoms with Crippen LogP contribution in [0.4, 0.5) is 5.82 Å². The van der Waals surface area contributed by atoms with Crippen molar-refractivity contribution in [3.8, 4) is 16.8 Å². The standard InChI is InChI=1S/C22H16N4/c23-22-20(15-8-2-1-3-9-15)21(17-11-5-6-12-18(17)25-22)26-19-13-7-4-10-16(19)14-24-26/h1-14H,(H2,23,25). The molecule has 2 N–H and O–H groups in total. The Balaban J connectivity index is 1.97. The Morgan fingerprint density at radius 1 is 0.769 bits per heavy atom. The number of anilines is 1. The third-order valence-electron chi connectivity index (χ3n) is 4.64. The molecule has 0 saturated carbocycles. The van der Waals surface area contributed by atoms with Gasteiger partial charge in [0.1, 0.15) is 5.82 Å². The highest BCUT2D eigenvalue weighted by Gasteiger charge is 2.18. The molecule has 3 aromatic carbocycles. The average Bonchev–Trinajstić information content (AvgIpc) is 3.11. The summed E-state index contributed by atoms with van der Waals surface area (Å²) in [6, 6.07) is 26.3. The van der Waals surface area contributed by atoms with Crippen LogP contribution in [0, 0.1) is 0 Å². The summed E-state index contributed by atoms with van der Waals surface area (Å²) in [6.07, 6.45) is 1.88. The van der Waals surface area contributed by atoms with Gasteiger partial charge < -0.3 is 5.73 Å². The van der Waals surface area contributed by atoms with Gasteiger partial charge in [0.2, 0.25) is 0 Å². The number of fused-ring (bicyclic) bond motifs is 2. The summed E-state index contributed by atoms with van der Waals surface area (Å²) in [5.41, 5.74) is 11.2. The Morgan fingerprint density at radius 2 is 1.50 bits per heavy atom. The van der Waals surface area contributed by atoms with E-state index in [2.05, 4.69) is 40.4 Å². The van der Waals surface area contributed by atoms with Crippen LogP contribution in [0.2, 0.25) is 0 Å². The molecule has 0 radical (unpaired) electrons. The monoisotopic (exact) mass is 336 g/mol. The Bertz CT molecular complexity index is 1240. The summed E-state index contributed by atoms with van der Waals surface area (Å²) in [5.74, 6) is 0.504. The predicted molar refractivity (Wildman–Crippen MR) is 106 cm³/mol. The molecule has 0 unspecified atom stereocenters. The second-order valence-corrected chi connectivity index (χ2v) is 6.22. The average molecular weight is 336 g/mol. The van der Waals surface area contributed by atoms with E-state index in [1.165, 1.54) is 0 Å². The maximum Gasteiger partial charge on any atom is 0.134 e. The predicted octanol–water partition coefficient (Wildman–Crippen LogP) is 4.82. The number of para-hydroxylation sites is 2. The van der Waals surface area contributed by atoms with Gasteiger partial charge in [-0.3, -0.25) is 0 Å². The summed E-state index contributed by atoms with van der Waals surface area (Å²) in [6.45, 7) is 0. The molecular weight excluding hydrogens is 320 g/mol. The summed E-state index contributed by atoms with van der Waals surface area (Å²) < 4.78 is 1.97. The molecule has 0 spiro atoms. The van der Waals surface area contributed by atoms with Crippen molar-refractivity contribution in [3.05, 3.63) is 85.1 Å². The van der Waals surface area contributed by atoms with Gasteiger partial charge in [-0.1, -0.05) is 66.7 Å². The quantitative estimate of drug-likeness (QED) is 0.503. The fourth-order valence-corrected chi connectivity index (χ4v) is 3.47. The van der Waals surface area contributed by atoms with E-state index in [1.54, 1.807) is 0 Å². The number of nitrogen functional groups attached to an aromatic ring is 1. The Morgan fingerprint density at radius 3 is 2.38 bits per heavy atom. The van der Waals surface area contributed by atoms with Crippen molar-refractivity contribution in [2.24, 2.45) is 0 Å². The molecule has 4 nitrogen and oxygen atoms in total. The summed E-state index contributed by atoms with van der Waals surface area (Å²) in [7, 11) is 0. The zero-order chi connectivity index (χ0) is 17.5. The van der Waals surface area contributed by atoms with Gasteiger partial charge in [0.25, 0.3) is 0 Å². The molecule has 0 bridgehead atoms. The van der Waals surface area contributed by atoms with Gasteiger partial charge >= 0.3 is 0 Å². The fraction of sp³-hybridized carbons (Fsp3) is 0. The number of nitrogens with two attached hydrogens (primary N) is 1. The molecule has 0 saturated heterocycles. The molecule has 2 heterocycles. The first-order valence-electron chi connectivity index (χ1n) is 8.50. The van der Waals surface area contributed by atoms with Gasteiger partial charge in [0.05, 0.1) is 28.5 Å². The molecular formula is C22H16N4. The minimum atomic E-state index is 0.504. The minimum absolute atomic E-state index is 0.504. The lowest BCUT2D eigenvalue weighted by molar-refractivity contribution is 0.919. The van der Waals surface area contributed by atoms with Crippen LogP contribution < -0.4 is 5.73 Å². The molecule has 0 amide bonds. The van der Waals surface area contributed by atoms with Crippen molar-refractivity contribution >= 4 is 27.6 Å². The molecule has 0 aliphatic rings. The maximum absolute atomic E-state index is 6.42. The van der Waals surface area contributed by atoms with Crippen molar-refractivity contribution < 1.29 is 0 Å². The molecule has 26 heavy (non-hydrogen) atoms. The number of benzene rings is 3. The van der Waals surface area contributed by atoms with Crippen molar-refractivity contribution in [2.75, 3.05) is 5.73 Å². The summed E-state index contributed by atoms with van der Waals surface area (Å²) in [4.78, 5) is 4.64. The Kier molecular flexibility index (Phi) is 3.22. The van der Waals surface area contributed by atoms with Crippen molar-refractivity contribution in [3.63, 3.8) is 0 Å². The van der Waals surface area contributed by atoms with Crippen LogP contribution in [0.15, 0.2) is 85.1 Å². The number of pyridine rings is 1. The molecule has 0 aliphatic heterocycles. The van der Waals surface area contributed by atoms with E-state index in [0.29, 0.717) is 5.82 Å². The van der Waals surface area contributed by atoms with E-state index < -0.39 is 0 Å². The van der Waals surface area contributed by atoms with E-state index in [0.717, 1.165) is 38.6 Å². The maximum atomic E-state index is 6.42. The molecule has 4 heteroatoms. The van der Waals surface area contributed by atoms with Crippen LogP contribution >= 0.6 is 0 Å². The smallest absolute Gasteiger partial charge is 0.134 e. The first-order valence-corrected chi connectivity index (χ1v) is 8.50. The third kappa shape index (κ3) is 2.16. The van der Waals surface area contributed by atoms with Gasteiger partial charge in [0, 0.05) is 10.8 Å². The van der Waals surface area contributed by atoms with E-state index in [4.69, 9.17) is 5.73 Å². The van der Waals surface area contributed by atoms with Gasteiger partial charge in [-0.15, -0.1) is 0 Å². The van der Waals surface area contributed by atoms with Crippen molar-refractivity contribution in [1.29, 1.82) is 0 Å². The second kappa shape index (κ2) is 5.70. The van der Waals surface area contributed by atoms with E-state index in [1.807, 2.05) is 59.4 Å². The number of hydrogen-bond acceptors (Lipinski definition) is 3. The highest BCUT2D eigenvalue weighted by molar-refractivity contribution is 6.00. The number of rotatable bonds is 2. The van der Waals surface area contributed by atoms with Crippen molar-refractivity contribution in [2.45, 2.75) is 0 Å². The van der Waals surface area contributed by atoms with E-state index in [-0.39, 0.29) is 0 Å². The summed E-state index contributed by atoms with van der Waals surface area (Å²) in [5, 5.41) is 6.79. The van der Waals surface area contributed by atoms with Crippen LogP contribution in [0.3, 0.4) is 0 Å². The number of nitrogens with zero attached hydrogens (tertiary/aromatic N) is 3. The van der Waals surface area contributed by atoms with Gasteiger partial charge in [-0.2, -0.15) is 5.10 Å². The molecule has 5 aromatic rings. The molecule has 0 aliphatic carbocycles. The van der Waals surface area contributed by atoms with E-state index >= 15 is 0 Å². The van der Waals surface area contributed by atoms with Gasteiger partial charge in [0.15, 0.2) is 0 Å². The van der Waals surface area contributed by atoms with Gasteiger partial charge in [-0.05, 0) is 17.7 Å². The highest BCUT2D eigenvalue weighted by Crippen LogP contribution is 2.37. The second-order valence-electron chi connectivity index (χ2n) is 6.22. The topological polar surface area (TPSA) is 56.7 Å². The fourth-order valence-electron chi connectivity index (χ4n) is 3.47. The SMILES string of the molecule is Nc1nc2ccccc2c(-n2ncc3ccccc32)c1-c1ccccc1. The van der Waals surface area contributed by atoms with Crippen LogP contribution in [0.1, 0.15) is 0 Å². The van der Waals surface area contributed by atoms with Crippen LogP contribution in [0.25, 0.3) is 38.6 Å². The lowest BCUT2D eigenvalue weighted by Crippen LogP contribution is -2.05. The Labute approximate surface area is 150 Å². The first-order chi connectivity index (χ1) is 12.8. The van der Waals surface area contributed by atoms with Gasteiger partial charge in [-0.25, -0.2) is 9.67 Å². The zero-order valence-electron chi connectivity index (χ0n) is 14.0. The highest BCUT2D eigenvalue weighted by atomic mass is 15.3. The third-order valence-corrected chi connectivity index (χ3v) is 4.64. The molecule has 5 rings (SSSR count). The van der Waals surface area contributed by atoms with Crippen molar-refractivity contribution in [1.82, 2.24) is 14.8 Å². The largest absolute Gasteiger partial charge is 0.383 e. The summed E-state index contributed by atoms with van der Waals surface area (Å²) >= 11 is 0. The first kappa shape index (κ1) is 14.7. The number of hydrogen-bond donors (Lipinski definition) is 1. The molecule has 0 atom stereocenters. The lowest BCUT2D eigenvalue weighted by atomic mass is 10.0. The van der Waals surface area contributed by atoms with Crippen LogP contribution in [-0.4, -0.2) is 14.8 Å². The zero-order valence-corrected chi connectivity index (χ0v) is 14.0. The van der Waals surface area contributed by atoms with Crippen LogP contribution in [-0.2, 0) is 0 Å². The minimum Gasteiger partial charge on any atom is -0.383 e. The van der Waals surface area contributed by atoms with E-state index in [9.17, 15) is 0 Å². The van der Waals surface area contributed by atoms with Crippen LogP contribution in [0.5, 0.6) is 0 Å².